The quantitative estimate of drug-likeness (QED) is 0.392. The first kappa shape index (κ1) is 27.4. The number of alkyl halides is 3. The van der Waals surface area contributed by atoms with Crippen molar-refractivity contribution in [2.45, 2.75) is 26.1 Å². The van der Waals surface area contributed by atoms with Crippen LogP contribution in [0.15, 0.2) is 55.0 Å². The van der Waals surface area contributed by atoms with E-state index in [0.717, 1.165) is 11.6 Å². The Labute approximate surface area is 211 Å². The Balaban J connectivity index is 0.000000319. The molecule has 1 saturated heterocycles. The van der Waals surface area contributed by atoms with Gasteiger partial charge in [0, 0.05) is 19.0 Å². The Morgan fingerprint density at radius 2 is 1.92 bits per heavy atom. The molecule has 1 fully saturated rings. The van der Waals surface area contributed by atoms with Crippen molar-refractivity contribution in [3.8, 4) is 0 Å². The molecule has 2 aromatic heterocycles. The number of rotatable bonds is 6. The average Bonchev–Trinajstić information content (AvgIpc) is 3.39. The van der Waals surface area contributed by atoms with Gasteiger partial charge in [-0.25, -0.2) is 0 Å². The second-order valence-corrected chi connectivity index (χ2v) is 8.31. The molecule has 9 nitrogen and oxygen atoms in total. The Kier molecular flexibility index (Phi) is 9.01. The third-order valence-corrected chi connectivity index (χ3v) is 5.47. The van der Waals surface area contributed by atoms with Gasteiger partial charge in [0.25, 0.3) is 0 Å². The first-order valence-electron chi connectivity index (χ1n) is 11.3. The standard InChI is InChI=1S/C19H20F3N3O2.C6H7N3O/c1-12-8-14(25-16-5-3-2-4-15(16)19(20,21)22)9-23-17(12)10-24-18(26)13-6-7-27-11-13;7-5-1-4(6(8)10)2-9-3-5/h2-5,8-9,13,25H,6-7,10-11H2,1H3,(H,24,26);1-3H,7H2,(H2,8,10)/t13-;/m1./s1. The SMILES string of the molecule is Cc1cc(Nc2ccccc2C(F)(F)F)cnc1CNC(=O)[C@@H]1CCOC1.NC(=O)c1cncc(N)c1. The zero-order valence-electron chi connectivity index (χ0n) is 20.0. The third-order valence-electron chi connectivity index (χ3n) is 5.47. The van der Waals surface area contributed by atoms with Gasteiger partial charge in [0.2, 0.25) is 11.8 Å². The second-order valence-electron chi connectivity index (χ2n) is 8.31. The molecule has 0 aliphatic carbocycles. The number of hydrogen-bond donors (Lipinski definition) is 4. The number of amides is 2. The van der Waals surface area contributed by atoms with Gasteiger partial charge in [-0.15, -0.1) is 0 Å². The molecule has 37 heavy (non-hydrogen) atoms. The maximum absolute atomic E-state index is 13.1. The minimum atomic E-state index is -4.44. The van der Waals surface area contributed by atoms with Crippen molar-refractivity contribution in [3.63, 3.8) is 0 Å². The van der Waals surface area contributed by atoms with Crippen LogP contribution < -0.4 is 22.1 Å². The summed E-state index contributed by atoms with van der Waals surface area (Å²) in [5.74, 6) is -0.722. The molecule has 0 spiro atoms. The number of aryl methyl sites for hydroxylation is 1. The van der Waals surface area contributed by atoms with Crippen molar-refractivity contribution in [2.75, 3.05) is 24.3 Å². The number of ether oxygens (including phenoxy) is 1. The lowest BCUT2D eigenvalue weighted by atomic mass is 10.1. The summed E-state index contributed by atoms with van der Waals surface area (Å²) in [5, 5.41) is 5.60. The summed E-state index contributed by atoms with van der Waals surface area (Å²) in [6.45, 7) is 3.09. The first-order valence-corrected chi connectivity index (χ1v) is 11.3. The normalized spacial score (nSPS) is 14.9. The van der Waals surface area contributed by atoms with Crippen LogP contribution in [0, 0.1) is 12.8 Å². The number of nitrogen functional groups attached to an aromatic ring is 1. The van der Waals surface area contributed by atoms with E-state index in [-0.39, 0.29) is 24.1 Å². The molecule has 1 atom stereocenters. The van der Waals surface area contributed by atoms with Crippen molar-refractivity contribution in [1.82, 2.24) is 15.3 Å². The minimum absolute atomic E-state index is 0.0338. The zero-order chi connectivity index (χ0) is 27.0. The lowest BCUT2D eigenvalue weighted by Crippen LogP contribution is -2.31. The molecular formula is C25H27F3N6O3. The van der Waals surface area contributed by atoms with Gasteiger partial charge < -0.3 is 26.8 Å². The van der Waals surface area contributed by atoms with E-state index in [9.17, 15) is 22.8 Å². The predicted molar refractivity (Wildman–Crippen MR) is 132 cm³/mol. The Morgan fingerprint density at radius 3 is 2.51 bits per heavy atom. The van der Waals surface area contributed by atoms with Crippen molar-refractivity contribution in [3.05, 3.63) is 77.4 Å². The molecular weight excluding hydrogens is 489 g/mol. The molecule has 0 unspecified atom stereocenters. The summed E-state index contributed by atoms with van der Waals surface area (Å²) in [6.07, 6.45) is 0.547. The summed E-state index contributed by atoms with van der Waals surface area (Å²) in [4.78, 5) is 30.5. The number of nitrogens with two attached hydrogens (primary N) is 2. The van der Waals surface area contributed by atoms with Gasteiger partial charge in [0.05, 0.1) is 59.1 Å². The summed E-state index contributed by atoms with van der Waals surface area (Å²) in [5.41, 5.74) is 12.2. The smallest absolute Gasteiger partial charge is 0.397 e. The van der Waals surface area contributed by atoms with Gasteiger partial charge in [-0.05, 0) is 43.2 Å². The molecule has 0 radical (unpaired) electrons. The van der Waals surface area contributed by atoms with E-state index in [4.69, 9.17) is 16.2 Å². The molecule has 4 rings (SSSR count). The van der Waals surface area contributed by atoms with Crippen LogP contribution in [0.4, 0.5) is 30.2 Å². The van der Waals surface area contributed by atoms with Crippen LogP contribution >= 0.6 is 0 Å². The minimum Gasteiger partial charge on any atom is -0.397 e. The van der Waals surface area contributed by atoms with Gasteiger partial charge in [-0.3, -0.25) is 19.6 Å². The van der Waals surface area contributed by atoms with E-state index in [1.54, 1.807) is 13.0 Å². The topological polar surface area (TPSA) is 145 Å². The molecule has 0 bridgehead atoms. The van der Waals surface area contributed by atoms with Gasteiger partial charge in [0.1, 0.15) is 0 Å². The number of benzene rings is 1. The largest absolute Gasteiger partial charge is 0.418 e. The number of hydrogen-bond acceptors (Lipinski definition) is 7. The molecule has 1 aliphatic heterocycles. The number of para-hydroxylation sites is 1. The number of nitrogens with zero attached hydrogens (tertiary/aromatic N) is 2. The number of nitrogens with one attached hydrogen (secondary N) is 2. The Bertz CT molecular complexity index is 1250. The van der Waals surface area contributed by atoms with Crippen LogP contribution in [0.3, 0.4) is 0 Å². The predicted octanol–water partition coefficient (Wildman–Crippen LogP) is 3.57. The van der Waals surface area contributed by atoms with Crippen molar-refractivity contribution in [2.24, 2.45) is 11.7 Å². The maximum atomic E-state index is 13.1. The van der Waals surface area contributed by atoms with Crippen molar-refractivity contribution >= 4 is 28.9 Å². The van der Waals surface area contributed by atoms with E-state index >= 15 is 0 Å². The molecule has 2 amide bonds. The van der Waals surface area contributed by atoms with Crippen LogP contribution in [0.25, 0.3) is 0 Å². The van der Waals surface area contributed by atoms with Crippen LogP contribution in [-0.2, 0) is 22.3 Å². The summed E-state index contributed by atoms with van der Waals surface area (Å²) in [7, 11) is 0. The number of carbonyl (C=O) groups is 2. The molecule has 1 aromatic carbocycles. The molecule has 1 aliphatic rings. The van der Waals surface area contributed by atoms with E-state index in [2.05, 4.69) is 20.6 Å². The van der Waals surface area contributed by atoms with E-state index in [0.29, 0.717) is 42.3 Å². The Morgan fingerprint density at radius 1 is 1.16 bits per heavy atom. The third kappa shape index (κ3) is 7.90. The van der Waals surface area contributed by atoms with Gasteiger partial charge in [0.15, 0.2) is 0 Å². The van der Waals surface area contributed by atoms with Gasteiger partial charge in [-0.1, -0.05) is 12.1 Å². The summed E-state index contributed by atoms with van der Waals surface area (Å²) >= 11 is 0. The number of halogens is 3. The van der Waals surface area contributed by atoms with Crippen molar-refractivity contribution in [1.29, 1.82) is 0 Å². The molecule has 0 saturated carbocycles. The fourth-order valence-corrected chi connectivity index (χ4v) is 3.50. The monoisotopic (exact) mass is 516 g/mol. The second kappa shape index (κ2) is 12.2. The molecule has 196 valence electrons. The average molecular weight is 517 g/mol. The molecule has 3 heterocycles. The highest BCUT2D eigenvalue weighted by Crippen LogP contribution is 2.35. The highest BCUT2D eigenvalue weighted by molar-refractivity contribution is 5.93. The molecule has 12 heteroatoms. The molecule has 6 N–H and O–H groups in total. The lowest BCUT2D eigenvalue weighted by Gasteiger charge is -2.15. The lowest BCUT2D eigenvalue weighted by molar-refractivity contribution is -0.137. The van der Waals surface area contributed by atoms with Crippen molar-refractivity contribution < 1.29 is 27.5 Å². The first-order chi connectivity index (χ1) is 17.5. The van der Waals surface area contributed by atoms with Crippen LogP contribution in [0.5, 0.6) is 0 Å². The van der Waals surface area contributed by atoms with Crippen LogP contribution in [-0.4, -0.2) is 35.0 Å². The van der Waals surface area contributed by atoms with E-state index < -0.39 is 17.6 Å². The summed E-state index contributed by atoms with van der Waals surface area (Å²) < 4.78 is 44.5. The highest BCUT2D eigenvalue weighted by atomic mass is 19.4. The van der Waals surface area contributed by atoms with E-state index in [1.807, 2.05) is 0 Å². The van der Waals surface area contributed by atoms with E-state index in [1.165, 1.54) is 42.9 Å². The number of aromatic nitrogens is 2. The summed E-state index contributed by atoms with van der Waals surface area (Å²) in [6, 6.07) is 8.47. The number of primary amides is 1. The van der Waals surface area contributed by atoms with Crippen LogP contribution in [0.1, 0.15) is 33.6 Å². The maximum Gasteiger partial charge on any atom is 0.418 e. The number of anilines is 3. The Hall–Kier alpha value is -4.19. The fraction of sp³-hybridized carbons (Fsp3) is 0.280. The van der Waals surface area contributed by atoms with Crippen LogP contribution in [0.2, 0.25) is 0 Å². The molecule has 3 aromatic rings. The van der Waals surface area contributed by atoms with Gasteiger partial charge in [-0.2, -0.15) is 13.2 Å². The number of carbonyl (C=O) groups excluding carboxylic acids is 2. The fourth-order valence-electron chi connectivity index (χ4n) is 3.50. The van der Waals surface area contributed by atoms with Gasteiger partial charge >= 0.3 is 6.18 Å². The highest BCUT2D eigenvalue weighted by Gasteiger charge is 2.33. The zero-order valence-corrected chi connectivity index (χ0v) is 20.0. The number of pyridine rings is 2.